The fourth-order valence-corrected chi connectivity index (χ4v) is 5.02. The van der Waals surface area contributed by atoms with Crippen molar-refractivity contribution < 1.29 is 4.43 Å². The van der Waals surface area contributed by atoms with Crippen molar-refractivity contribution in [1.82, 2.24) is 4.90 Å². The molecule has 3 rings (SSSR count). The highest BCUT2D eigenvalue weighted by atomic mass is 28.4. The molecule has 2 heterocycles. The lowest BCUT2D eigenvalue weighted by atomic mass is 9.95. The highest BCUT2D eigenvalue weighted by molar-refractivity contribution is 6.74. The third-order valence-corrected chi connectivity index (χ3v) is 11.0. The second kappa shape index (κ2) is 4.08. The van der Waals surface area contributed by atoms with Gasteiger partial charge in [-0.2, -0.15) is 0 Å². The highest BCUT2D eigenvalue weighted by Crippen LogP contribution is 2.59. The Labute approximate surface area is 120 Å². The first kappa shape index (κ1) is 14.1. The third-order valence-electron chi connectivity index (χ3n) is 6.56. The van der Waals surface area contributed by atoms with Crippen LogP contribution in [0.15, 0.2) is 0 Å². The van der Waals surface area contributed by atoms with Crippen LogP contribution in [0.4, 0.5) is 0 Å². The van der Waals surface area contributed by atoms with Gasteiger partial charge in [-0.1, -0.05) is 20.8 Å². The smallest absolute Gasteiger partial charge is 0.192 e. The Hall–Kier alpha value is 0.137. The van der Waals surface area contributed by atoms with Crippen LogP contribution in [0.25, 0.3) is 0 Å². The van der Waals surface area contributed by atoms with E-state index in [0.29, 0.717) is 16.1 Å². The van der Waals surface area contributed by atoms with Crippen LogP contribution in [0, 0.1) is 0 Å². The molecule has 19 heavy (non-hydrogen) atoms. The number of fused-ring (bicyclic) bond motifs is 2. The summed E-state index contributed by atoms with van der Waals surface area (Å²) in [5.41, 5.74) is 1.05. The quantitative estimate of drug-likeness (QED) is 0.720. The van der Waals surface area contributed by atoms with E-state index >= 15 is 0 Å². The Morgan fingerprint density at radius 2 is 1.68 bits per heavy atom. The molecule has 110 valence electrons. The molecule has 2 saturated heterocycles. The van der Waals surface area contributed by atoms with Crippen LogP contribution in [0.2, 0.25) is 18.1 Å². The van der Waals surface area contributed by atoms with Crippen molar-refractivity contribution in [3.05, 3.63) is 0 Å². The second-order valence-corrected chi connectivity index (χ2v) is 13.6. The van der Waals surface area contributed by atoms with Crippen LogP contribution in [-0.4, -0.2) is 37.4 Å². The Morgan fingerprint density at radius 3 is 2.26 bits per heavy atom. The van der Waals surface area contributed by atoms with E-state index in [1.54, 1.807) is 0 Å². The minimum Gasteiger partial charge on any atom is -0.415 e. The van der Waals surface area contributed by atoms with Gasteiger partial charge < -0.3 is 4.43 Å². The standard InChI is InChI=1S/C16H31NOSi/c1-14(2,3)19(4,5)18-13-16-7-6-12-17(16)15(8-9-15)10-11-16/h6-13H2,1-5H3. The summed E-state index contributed by atoms with van der Waals surface area (Å²) in [5.74, 6) is 0. The predicted octanol–water partition coefficient (Wildman–Crippen LogP) is 4.17. The summed E-state index contributed by atoms with van der Waals surface area (Å²) in [6.07, 6.45) is 8.51. The number of rotatable bonds is 3. The van der Waals surface area contributed by atoms with E-state index in [2.05, 4.69) is 38.8 Å². The molecule has 3 heteroatoms. The van der Waals surface area contributed by atoms with Crippen LogP contribution < -0.4 is 0 Å². The van der Waals surface area contributed by atoms with Crippen LogP contribution in [0.1, 0.15) is 59.3 Å². The van der Waals surface area contributed by atoms with Gasteiger partial charge in [0.2, 0.25) is 0 Å². The average Bonchev–Trinajstić information content (AvgIpc) is 2.86. The zero-order valence-corrected chi connectivity index (χ0v) is 14.5. The molecule has 0 aromatic rings. The monoisotopic (exact) mass is 281 g/mol. The van der Waals surface area contributed by atoms with E-state index in [1.807, 2.05) is 0 Å². The lowest BCUT2D eigenvalue weighted by Gasteiger charge is -2.42. The van der Waals surface area contributed by atoms with Crippen molar-refractivity contribution >= 4 is 8.32 Å². The van der Waals surface area contributed by atoms with E-state index in [0.717, 1.165) is 6.61 Å². The molecule has 0 amide bonds. The van der Waals surface area contributed by atoms with Gasteiger partial charge in [-0.15, -0.1) is 0 Å². The molecule has 0 aromatic carbocycles. The second-order valence-electron chi connectivity index (χ2n) is 8.75. The SMILES string of the molecule is CC(C)(C)[Si](C)(C)OCC12CCCN1C1(CC1)CC2. The van der Waals surface area contributed by atoms with Gasteiger partial charge in [-0.25, -0.2) is 0 Å². The highest BCUT2D eigenvalue weighted by Gasteiger charge is 2.62. The van der Waals surface area contributed by atoms with Crippen molar-refractivity contribution in [2.75, 3.05) is 13.2 Å². The summed E-state index contributed by atoms with van der Waals surface area (Å²) < 4.78 is 6.60. The summed E-state index contributed by atoms with van der Waals surface area (Å²) in [4.78, 5) is 2.87. The molecule has 3 aliphatic rings. The Kier molecular flexibility index (Phi) is 3.02. The van der Waals surface area contributed by atoms with Gasteiger partial charge in [0.25, 0.3) is 0 Å². The summed E-state index contributed by atoms with van der Waals surface area (Å²) in [6.45, 7) is 14.2. The van der Waals surface area contributed by atoms with Gasteiger partial charge in [-0.3, -0.25) is 4.90 Å². The average molecular weight is 282 g/mol. The topological polar surface area (TPSA) is 12.5 Å². The van der Waals surface area contributed by atoms with Crippen molar-refractivity contribution in [2.45, 2.75) is 88.5 Å². The van der Waals surface area contributed by atoms with Crippen LogP contribution in [-0.2, 0) is 4.43 Å². The first-order chi connectivity index (χ1) is 8.71. The summed E-state index contributed by atoms with van der Waals surface area (Å²) in [7, 11) is -1.59. The lowest BCUT2D eigenvalue weighted by molar-refractivity contribution is 0.0753. The molecule has 1 spiro atoms. The molecule has 0 radical (unpaired) electrons. The number of hydrogen-bond acceptors (Lipinski definition) is 2. The molecule has 1 atom stereocenters. The zero-order valence-electron chi connectivity index (χ0n) is 13.5. The predicted molar refractivity (Wildman–Crippen MR) is 83.0 cm³/mol. The molecule has 1 aliphatic carbocycles. The van der Waals surface area contributed by atoms with E-state index in [-0.39, 0.29) is 0 Å². The fourth-order valence-electron chi connectivity index (χ4n) is 3.96. The summed E-state index contributed by atoms with van der Waals surface area (Å²) >= 11 is 0. The van der Waals surface area contributed by atoms with Crippen LogP contribution in [0.5, 0.6) is 0 Å². The fraction of sp³-hybridized carbons (Fsp3) is 1.00. The summed E-state index contributed by atoms with van der Waals surface area (Å²) in [5, 5.41) is 0.336. The maximum atomic E-state index is 6.60. The van der Waals surface area contributed by atoms with Gasteiger partial charge in [0.15, 0.2) is 8.32 Å². The molecule has 0 bridgehead atoms. The van der Waals surface area contributed by atoms with E-state index in [4.69, 9.17) is 4.43 Å². The molecule has 3 fully saturated rings. The van der Waals surface area contributed by atoms with Gasteiger partial charge in [-0.05, 0) is 63.2 Å². The van der Waals surface area contributed by atoms with E-state index < -0.39 is 8.32 Å². The molecule has 2 aliphatic heterocycles. The number of nitrogens with zero attached hydrogens (tertiary/aromatic N) is 1. The van der Waals surface area contributed by atoms with E-state index in [1.165, 1.54) is 45.1 Å². The third kappa shape index (κ3) is 2.13. The summed E-state index contributed by atoms with van der Waals surface area (Å²) in [6, 6.07) is 0. The molecular weight excluding hydrogens is 250 g/mol. The van der Waals surface area contributed by atoms with Crippen LogP contribution in [0.3, 0.4) is 0 Å². The minimum absolute atomic E-state index is 0.336. The van der Waals surface area contributed by atoms with Crippen molar-refractivity contribution in [2.24, 2.45) is 0 Å². The molecule has 0 N–H and O–H groups in total. The first-order valence-corrected chi connectivity index (χ1v) is 11.0. The Balaban J connectivity index is 1.70. The molecule has 1 unspecified atom stereocenters. The maximum absolute atomic E-state index is 6.60. The number of hydrogen-bond donors (Lipinski definition) is 0. The van der Waals surface area contributed by atoms with Crippen molar-refractivity contribution in [1.29, 1.82) is 0 Å². The van der Waals surface area contributed by atoms with Gasteiger partial charge >= 0.3 is 0 Å². The molecule has 1 saturated carbocycles. The van der Waals surface area contributed by atoms with Crippen LogP contribution >= 0.6 is 0 Å². The Morgan fingerprint density at radius 1 is 1.05 bits per heavy atom. The molecule has 2 nitrogen and oxygen atoms in total. The molecule has 0 aromatic heterocycles. The van der Waals surface area contributed by atoms with Crippen molar-refractivity contribution in [3.8, 4) is 0 Å². The first-order valence-electron chi connectivity index (χ1n) is 8.13. The molecular formula is C16H31NOSi. The maximum Gasteiger partial charge on any atom is 0.192 e. The normalized spacial score (nSPS) is 33.9. The zero-order chi connectivity index (χ0) is 13.9. The van der Waals surface area contributed by atoms with Gasteiger partial charge in [0.05, 0.1) is 6.61 Å². The van der Waals surface area contributed by atoms with Crippen molar-refractivity contribution in [3.63, 3.8) is 0 Å². The largest absolute Gasteiger partial charge is 0.415 e. The lowest BCUT2D eigenvalue weighted by Crippen LogP contribution is -2.51. The van der Waals surface area contributed by atoms with E-state index in [9.17, 15) is 0 Å². The van der Waals surface area contributed by atoms with Gasteiger partial charge in [0.1, 0.15) is 0 Å². The van der Waals surface area contributed by atoms with Gasteiger partial charge in [0, 0.05) is 11.1 Å². The minimum atomic E-state index is -1.59. The Bertz CT molecular complexity index is 369.